The van der Waals surface area contributed by atoms with E-state index in [1.54, 1.807) is 7.11 Å². The molecular weight excluding hydrogens is 308 g/mol. The van der Waals surface area contributed by atoms with Gasteiger partial charge >= 0.3 is 0 Å². The van der Waals surface area contributed by atoms with Crippen LogP contribution in [0.15, 0.2) is 42.6 Å². The normalized spacial score (nSPS) is 20.0. The lowest BCUT2D eigenvalue weighted by Gasteiger charge is -2.11. The lowest BCUT2D eigenvalue weighted by molar-refractivity contribution is 0.413. The Morgan fingerprint density at radius 2 is 2.04 bits per heavy atom. The highest BCUT2D eigenvalue weighted by Crippen LogP contribution is 2.47. The number of ether oxygens (including phenoxy) is 1. The van der Waals surface area contributed by atoms with Gasteiger partial charge in [0.25, 0.3) is 0 Å². The smallest absolute Gasteiger partial charge is 0.119 e. The minimum atomic E-state index is 0.342. The molecule has 4 rings (SSSR count). The van der Waals surface area contributed by atoms with E-state index in [2.05, 4.69) is 34.7 Å². The molecule has 23 heavy (non-hydrogen) atoms. The molecule has 3 aromatic rings. The first kappa shape index (κ1) is 14.6. The van der Waals surface area contributed by atoms with E-state index in [-0.39, 0.29) is 0 Å². The molecule has 0 amide bonds. The number of aromatic nitrogens is 1. The SMILES string of the molecule is CNC1CC(c2c[nH]c3c(Cl)cccc23)c2ccc(OC)cc21. The molecule has 0 bridgehead atoms. The largest absolute Gasteiger partial charge is 0.497 e. The van der Waals surface area contributed by atoms with Crippen LogP contribution in [0.3, 0.4) is 0 Å². The Morgan fingerprint density at radius 3 is 2.83 bits per heavy atom. The van der Waals surface area contributed by atoms with Crippen LogP contribution in [0.25, 0.3) is 10.9 Å². The maximum absolute atomic E-state index is 6.31. The second-order valence-electron chi connectivity index (χ2n) is 6.03. The molecule has 4 heteroatoms. The van der Waals surface area contributed by atoms with Crippen molar-refractivity contribution in [3.63, 3.8) is 0 Å². The molecule has 2 unspecified atom stereocenters. The van der Waals surface area contributed by atoms with Crippen LogP contribution in [0.2, 0.25) is 5.02 Å². The molecule has 2 N–H and O–H groups in total. The predicted octanol–water partition coefficient (Wildman–Crippen LogP) is 4.63. The Bertz CT molecular complexity index is 871. The summed E-state index contributed by atoms with van der Waals surface area (Å²) in [6, 6.07) is 12.8. The third kappa shape index (κ3) is 2.23. The summed E-state index contributed by atoms with van der Waals surface area (Å²) in [7, 11) is 3.73. The second kappa shape index (κ2) is 5.59. The number of nitrogens with one attached hydrogen (secondary N) is 2. The van der Waals surface area contributed by atoms with Crippen molar-refractivity contribution in [3.05, 3.63) is 64.3 Å². The molecule has 0 spiro atoms. The first-order valence-corrected chi connectivity index (χ1v) is 8.21. The zero-order chi connectivity index (χ0) is 16.0. The van der Waals surface area contributed by atoms with Crippen LogP contribution in [-0.2, 0) is 0 Å². The van der Waals surface area contributed by atoms with Crippen LogP contribution >= 0.6 is 11.6 Å². The quantitative estimate of drug-likeness (QED) is 0.736. The van der Waals surface area contributed by atoms with Crippen LogP contribution in [0, 0.1) is 0 Å². The highest BCUT2D eigenvalue weighted by atomic mass is 35.5. The van der Waals surface area contributed by atoms with Crippen molar-refractivity contribution in [1.82, 2.24) is 10.3 Å². The average Bonchev–Trinajstić information content (AvgIpc) is 3.16. The molecule has 1 aromatic heterocycles. The number of para-hydroxylation sites is 1. The fourth-order valence-electron chi connectivity index (χ4n) is 3.78. The van der Waals surface area contributed by atoms with E-state index in [4.69, 9.17) is 16.3 Å². The molecule has 1 aliphatic rings. The summed E-state index contributed by atoms with van der Waals surface area (Å²) in [5.74, 6) is 1.27. The summed E-state index contributed by atoms with van der Waals surface area (Å²) in [6.45, 7) is 0. The molecule has 118 valence electrons. The van der Waals surface area contributed by atoms with E-state index in [0.717, 1.165) is 22.7 Å². The van der Waals surface area contributed by atoms with Crippen LogP contribution in [0.4, 0.5) is 0 Å². The third-order valence-electron chi connectivity index (χ3n) is 4.94. The van der Waals surface area contributed by atoms with E-state index >= 15 is 0 Å². The van der Waals surface area contributed by atoms with Gasteiger partial charge in [0.1, 0.15) is 5.75 Å². The highest BCUT2D eigenvalue weighted by molar-refractivity contribution is 6.35. The van der Waals surface area contributed by atoms with E-state index in [1.807, 2.05) is 25.2 Å². The predicted molar refractivity (Wildman–Crippen MR) is 94.6 cm³/mol. The first-order valence-electron chi connectivity index (χ1n) is 7.83. The van der Waals surface area contributed by atoms with Gasteiger partial charge in [0.05, 0.1) is 17.6 Å². The van der Waals surface area contributed by atoms with E-state index in [1.165, 1.54) is 22.1 Å². The van der Waals surface area contributed by atoms with Gasteiger partial charge in [-0.15, -0.1) is 0 Å². The van der Waals surface area contributed by atoms with Gasteiger partial charge in [0, 0.05) is 23.5 Å². The second-order valence-corrected chi connectivity index (χ2v) is 6.44. The van der Waals surface area contributed by atoms with Crippen LogP contribution in [-0.4, -0.2) is 19.1 Å². The number of aromatic amines is 1. The Morgan fingerprint density at radius 1 is 1.17 bits per heavy atom. The highest BCUT2D eigenvalue weighted by Gasteiger charge is 2.32. The summed E-state index contributed by atoms with van der Waals surface area (Å²) in [5.41, 5.74) is 5.03. The number of benzene rings is 2. The molecule has 1 aliphatic carbocycles. The van der Waals surface area contributed by atoms with Gasteiger partial charge in [0.15, 0.2) is 0 Å². The maximum Gasteiger partial charge on any atom is 0.119 e. The summed E-state index contributed by atoms with van der Waals surface area (Å²) < 4.78 is 5.39. The molecule has 2 atom stereocenters. The number of hydrogen-bond donors (Lipinski definition) is 2. The molecule has 0 saturated carbocycles. The Labute approximate surface area is 140 Å². The van der Waals surface area contributed by atoms with Gasteiger partial charge in [0.2, 0.25) is 0 Å². The number of fused-ring (bicyclic) bond motifs is 2. The van der Waals surface area contributed by atoms with Crippen molar-refractivity contribution in [2.24, 2.45) is 0 Å². The van der Waals surface area contributed by atoms with Gasteiger partial charge in [-0.2, -0.15) is 0 Å². The Hall–Kier alpha value is -1.97. The molecule has 0 aliphatic heterocycles. The zero-order valence-electron chi connectivity index (χ0n) is 13.2. The first-order chi connectivity index (χ1) is 11.2. The van der Waals surface area contributed by atoms with Gasteiger partial charge < -0.3 is 15.0 Å². The number of halogens is 1. The van der Waals surface area contributed by atoms with Crippen molar-refractivity contribution in [1.29, 1.82) is 0 Å². The minimum Gasteiger partial charge on any atom is -0.497 e. The standard InChI is InChI=1S/C19H19ClN2O/c1-21-18-9-14(12-7-6-11(23-2)8-15(12)18)16-10-22-19-13(16)4-3-5-17(19)20/h3-8,10,14,18,21-22H,9H2,1-2H3. The topological polar surface area (TPSA) is 37.0 Å². The molecular formula is C19H19ClN2O. The van der Waals surface area contributed by atoms with E-state index in [9.17, 15) is 0 Å². The minimum absolute atomic E-state index is 0.342. The van der Waals surface area contributed by atoms with Gasteiger partial charge in [-0.3, -0.25) is 0 Å². The fourth-order valence-corrected chi connectivity index (χ4v) is 4.01. The lowest BCUT2D eigenvalue weighted by atomic mass is 9.92. The van der Waals surface area contributed by atoms with Crippen molar-refractivity contribution in [2.45, 2.75) is 18.4 Å². The molecule has 0 radical (unpaired) electrons. The average molecular weight is 327 g/mol. The number of rotatable bonds is 3. The third-order valence-corrected chi connectivity index (χ3v) is 5.25. The molecule has 0 fully saturated rings. The molecule has 0 saturated heterocycles. The number of H-pyrrole nitrogens is 1. The summed E-state index contributed by atoms with van der Waals surface area (Å²) >= 11 is 6.31. The number of hydrogen-bond acceptors (Lipinski definition) is 2. The van der Waals surface area contributed by atoms with Crippen LogP contribution in [0.5, 0.6) is 5.75 Å². The lowest BCUT2D eigenvalue weighted by Crippen LogP contribution is -2.13. The summed E-state index contributed by atoms with van der Waals surface area (Å²) in [6.07, 6.45) is 3.14. The monoisotopic (exact) mass is 326 g/mol. The van der Waals surface area contributed by atoms with Crippen molar-refractivity contribution < 1.29 is 4.74 Å². The van der Waals surface area contributed by atoms with Crippen molar-refractivity contribution in [3.8, 4) is 5.75 Å². The van der Waals surface area contributed by atoms with Gasteiger partial charge in [-0.1, -0.05) is 29.8 Å². The molecule has 1 heterocycles. The van der Waals surface area contributed by atoms with E-state index in [0.29, 0.717) is 12.0 Å². The van der Waals surface area contributed by atoms with E-state index < -0.39 is 0 Å². The molecule has 2 aromatic carbocycles. The fraction of sp³-hybridized carbons (Fsp3) is 0.263. The van der Waals surface area contributed by atoms with Crippen molar-refractivity contribution in [2.75, 3.05) is 14.2 Å². The number of methoxy groups -OCH3 is 1. The Balaban J connectivity index is 1.86. The summed E-state index contributed by atoms with van der Waals surface area (Å²) in [5, 5.41) is 5.41. The molecule has 3 nitrogen and oxygen atoms in total. The van der Waals surface area contributed by atoms with Crippen molar-refractivity contribution >= 4 is 22.5 Å². The van der Waals surface area contributed by atoms with Gasteiger partial charge in [-0.25, -0.2) is 0 Å². The van der Waals surface area contributed by atoms with Gasteiger partial charge in [-0.05, 0) is 48.4 Å². The van der Waals surface area contributed by atoms with Crippen LogP contribution in [0.1, 0.15) is 35.1 Å². The zero-order valence-corrected chi connectivity index (χ0v) is 13.9. The Kier molecular flexibility index (Phi) is 3.55. The maximum atomic E-state index is 6.31. The summed E-state index contributed by atoms with van der Waals surface area (Å²) in [4.78, 5) is 3.34. The van der Waals surface area contributed by atoms with Crippen LogP contribution < -0.4 is 10.1 Å².